The zero-order chi connectivity index (χ0) is 31.0. The zero-order valence-electron chi connectivity index (χ0n) is 27.1. The van der Waals surface area contributed by atoms with Crippen molar-refractivity contribution in [1.29, 1.82) is 0 Å². The lowest BCUT2D eigenvalue weighted by atomic mass is 9.65. The molecule has 1 aromatic rings. The number of hydrogen-bond donors (Lipinski definition) is 3. The average molecular weight is 598 g/mol. The maximum Gasteiger partial charge on any atom is 0.0398 e. The van der Waals surface area contributed by atoms with Gasteiger partial charge in [0.2, 0.25) is 0 Å². The van der Waals surface area contributed by atoms with Crippen molar-refractivity contribution in [1.82, 2.24) is 5.32 Å². The van der Waals surface area contributed by atoms with Crippen LogP contribution in [0, 0.1) is 41.4 Å². The lowest BCUT2D eigenvalue weighted by Gasteiger charge is -2.40. The first-order valence-electron chi connectivity index (χ1n) is 17.2. The van der Waals surface area contributed by atoms with E-state index in [9.17, 15) is 0 Å². The normalized spacial score (nSPS) is 28.7. The molecule has 0 saturated carbocycles. The van der Waals surface area contributed by atoms with Crippen molar-refractivity contribution in [2.45, 2.75) is 39.5 Å². The second-order valence-electron chi connectivity index (χ2n) is 13.3. The van der Waals surface area contributed by atoms with Gasteiger partial charge in [-0.25, -0.2) is 0 Å². The Morgan fingerprint density at radius 3 is 2.67 bits per heavy atom. The predicted octanol–water partition coefficient (Wildman–Crippen LogP) is 9.00. The van der Waals surface area contributed by atoms with E-state index in [1.807, 2.05) is 6.20 Å². The van der Waals surface area contributed by atoms with E-state index in [4.69, 9.17) is 5.73 Å². The molecule has 0 amide bonds. The molecule has 1 aliphatic heterocycles. The van der Waals surface area contributed by atoms with Crippen LogP contribution in [0.15, 0.2) is 149 Å². The summed E-state index contributed by atoms with van der Waals surface area (Å²) in [5, 5.41) is 7.21. The molecule has 7 unspecified atom stereocenters. The molecule has 0 aromatic heterocycles. The minimum atomic E-state index is 0.415. The van der Waals surface area contributed by atoms with Crippen molar-refractivity contribution in [2.24, 2.45) is 47.2 Å². The zero-order valence-corrected chi connectivity index (χ0v) is 27.1. The highest BCUT2D eigenvalue weighted by Crippen LogP contribution is 2.47. The van der Waals surface area contributed by atoms with Crippen LogP contribution in [0.5, 0.6) is 0 Å². The number of allylic oxidation sites excluding steroid dienone is 15. The van der Waals surface area contributed by atoms with Crippen LogP contribution >= 0.6 is 0 Å². The molecule has 0 bridgehead atoms. The Morgan fingerprint density at radius 1 is 1.04 bits per heavy atom. The summed E-state index contributed by atoms with van der Waals surface area (Å²) in [6.45, 7) is 7.08. The Kier molecular flexibility index (Phi) is 10.4. The molecule has 5 aliphatic rings. The highest BCUT2D eigenvalue weighted by atomic mass is 14.9. The van der Waals surface area contributed by atoms with Crippen LogP contribution in [0.3, 0.4) is 0 Å². The van der Waals surface area contributed by atoms with Crippen LogP contribution in [0.25, 0.3) is 0 Å². The minimum Gasteiger partial charge on any atom is -0.387 e. The number of anilines is 1. The van der Waals surface area contributed by atoms with Crippen molar-refractivity contribution in [3.05, 3.63) is 149 Å². The van der Waals surface area contributed by atoms with E-state index in [1.54, 1.807) is 11.1 Å². The molecular formula is C42H51N3. The molecule has 0 spiro atoms. The first-order chi connectivity index (χ1) is 22.2. The second kappa shape index (κ2) is 15.0. The molecule has 234 valence electrons. The standard InChI is InChI=1S/C42H51N3/c1-3-12-31(27-43)36-23-22-35(39-16-7-8-17-40(36)39)30(2)20-21-33(29-45-34-14-5-4-6-15-34)38-25-24-37(32-13-11-26-44-28-32)41-18-9-10-19-42(38)41/h3-19,21,24,26,30-31,36,38,40-42,44-45H,20,22-23,25,27-29,43H2,1-2H3/b12-3-,33-21+. The quantitative estimate of drug-likeness (QED) is 0.223. The molecule has 1 heterocycles. The maximum absolute atomic E-state index is 6.28. The Bertz CT molecular complexity index is 1490. The Balaban J connectivity index is 1.28. The summed E-state index contributed by atoms with van der Waals surface area (Å²) in [6.07, 6.45) is 39.4. The number of hydrogen-bond acceptors (Lipinski definition) is 3. The number of rotatable bonds is 11. The van der Waals surface area contributed by atoms with E-state index in [-0.39, 0.29) is 0 Å². The molecule has 3 nitrogen and oxygen atoms in total. The number of fused-ring (bicyclic) bond motifs is 2. The van der Waals surface area contributed by atoms with Gasteiger partial charge in [0.15, 0.2) is 0 Å². The van der Waals surface area contributed by atoms with Crippen LogP contribution in [0.1, 0.15) is 39.5 Å². The average Bonchev–Trinajstić information content (AvgIpc) is 3.10. The molecule has 45 heavy (non-hydrogen) atoms. The van der Waals surface area contributed by atoms with Gasteiger partial charge in [-0.3, -0.25) is 0 Å². The van der Waals surface area contributed by atoms with Crippen LogP contribution in [0.4, 0.5) is 5.69 Å². The van der Waals surface area contributed by atoms with Gasteiger partial charge in [0.05, 0.1) is 0 Å². The second-order valence-corrected chi connectivity index (χ2v) is 13.3. The summed E-state index contributed by atoms with van der Waals surface area (Å²) < 4.78 is 0. The molecule has 0 saturated heterocycles. The highest BCUT2D eigenvalue weighted by Gasteiger charge is 2.37. The number of nitrogens with one attached hydrogen (secondary N) is 2. The largest absolute Gasteiger partial charge is 0.387 e. The SMILES string of the molecule is C/C=C\C(CN)C1CCC(C(C)C/C=C(\CNc2ccccc2)C2CC=C(C3=CC=CNC3)C3C=CC=CC32)=C2C=CC=CC21. The molecule has 4 N–H and O–H groups in total. The number of para-hydroxylation sites is 1. The number of nitrogens with two attached hydrogens (primary N) is 1. The van der Waals surface area contributed by atoms with E-state index in [0.717, 1.165) is 32.5 Å². The fourth-order valence-corrected chi connectivity index (χ4v) is 8.41. The number of benzene rings is 1. The Morgan fingerprint density at radius 2 is 1.87 bits per heavy atom. The molecule has 1 aromatic carbocycles. The van der Waals surface area contributed by atoms with Gasteiger partial charge in [0.25, 0.3) is 0 Å². The van der Waals surface area contributed by atoms with Gasteiger partial charge in [-0.15, -0.1) is 0 Å². The van der Waals surface area contributed by atoms with Crippen molar-refractivity contribution in [3.8, 4) is 0 Å². The molecule has 0 radical (unpaired) electrons. The maximum atomic E-state index is 6.28. The van der Waals surface area contributed by atoms with Gasteiger partial charge in [-0.05, 0) is 110 Å². The fraction of sp³-hybridized carbons (Fsp3) is 0.381. The van der Waals surface area contributed by atoms with E-state index in [1.165, 1.54) is 35.2 Å². The van der Waals surface area contributed by atoms with Crippen LogP contribution < -0.4 is 16.4 Å². The lowest BCUT2D eigenvalue weighted by Crippen LogP contribution is -2.33. The van der Waals surface area contributed by atoms with E-state index in [0.29, 0.717) is 41.4 Å². The summed E-state index contributed by atoms with van der Waals surface area (Å²) >= 11 is 0. The molecule has 6 rings (SSSR count). The van der Waals surface area contributed by atoms with Crippen molar-refractivity contribution < 1.29 is 0 Å². The Labute approximate surface area is 271 Å². The van der Waals surface area contributed by atoms with Crippen LogP contribution in [0.2, 0.25) is 0 Å². The third-order valence-electron chi connectivity index (χ3n) is 10.7. The van der Waals surface area contributed by atoms with E-state index < -0.39 is 0 Å². The summed E-state index contributed by atoms with van der Waals surface area (Å²) in [5.41, 5.74) is 15.1. The van der Waals surface area contributed by atoms with Crippen molar-refractivity contribution in [3.63, 3.8) is 0 Å². The number of dihydropyridines is 1. The van der Waals surface area contributed by atoms with Gasteiger partial charge in [0, 0.05) is 30.6 Å². The minimum absolute atomic E-state index is 0.415. The molecular weight excluding hydrogens is 546 g/mol. The van der Waals surface area contributed by atoms with Gasteiger partial charge >= 0.3 is 0 Å². The topological polar surface area (TPSA) is 50.1 Å². The van der Waals surface area contributed by atoms with Gasteiger partial charge < -0.3 is 16.4 Å². The molecule has 0 fully saturated rings. The van der Waals surface area contributed by atoms with Crippen molar-refractivity contribution >= 4 is 5.69 Å². The molecule has 7 atom stereocenters. The van der Waals surface area contributed by atoms with Crippen LogP contribution in [-0.4, -0.2) is 19.6 Å². The highest BCUT2D eigenvalue weighted by molar-refractivity contribution is 5.47. The lowest BCUT2D eigenvalue weighted by molar-refractivity contribution is 0.295. The third-order valence-corrected chi connectivity index (χ3v) is 10.7. The summed E-state index contributed by atoms with van der Waals surface area (Å²) in [4.78, 5) is 0. The summed E-state index contributed by atoms with van der Waals surface area (Å²) in [6, 6.07) is 10.7. The smallest absolute Gasteiger partial charge is 0.0398 e. The molecule has 4 aliphatic carbocycles. The van der Waals surface area contributed by atoms with Gasteiger partial charge in [-0.1, -0.05) is 115 Å². The summed E-state index contributed by atoms with van der Waals surface area (Å²) in [7, 11) is 0. The first-order valence-corrected chi connectivity index (χ1v) is 17.2. The van der Waals surface area contributed by atoms with Crippen molar-refractivity contribution in [2.75, 3.05) is 25.0 Å². The van der Waals surface area contributed by atoms with Gasteiger partial charge in [0.1, 0.15) is 0 Å². The van der Waals surface area contributed by atoms with Crippen LogP contribution in [-0.2, 0) is 0 Å². The van der Waals surface area contributed by atoms with Gasteiger partial charge in [-0.2, -0.15) is 0 Å². The molecule has 3 heteroatoms. The first kappa shape index (κ1) is 31.2. The van der Waals surface area contributed by atoms with E-state index in [2.05, 4.69) is 140 Å². The fourth-order valence-electron chi connectivity index (χ4n) is 8.41. The predicted molar refractivity (Wildman–Crippen MR) is 192 cm³/mol. The third kappa shape index (κ3) is 7.05. The Hall–Kier alpha value is -3.82. The van der Waals surface area contributed by atoms with E-state index >= 15 is 0 Å². The monoisotopic (exact) mass is 597 g/mol. The summed E-state index contributed by atoms with van der Waals surface area (Å²) in [5.74, 6) is 3.34.